The zero-order valence-electron chi connectivity index (χ0n) is 20.9. The summed E-state index contributed by atoms with van der Waals surface area (Å²) >= 11 is 6.29. The van der Waals surface area contributed by atoms with E-state index in [4.69, 9.17) is 21.1 Å². The number of benzene rings is 3. The third kappa shape index (κ3) is 5.47. The fraction of sp³-hybridized carbons (Fsp3) is 0.214. The molecule has 6 nitrogen and oxygen atoms in total. The lowest BCUT2D eigenvalue weighted by atomic mass is 10.0. The van der Waals surface area contributed by atoms with E-state index in [-0.39, 0.29) is 22.3 Å². The third-order valence-corrected chi connectivity index (χ3v) is 6.35. The number of halogens is 4. The van der Waals surface area contributed by atoms with Gasteiger partial charge in [0.15, 0.2) is 17.7 Å². The van der Waals surface area contributed by atoms with Crippen molar-refractivity contribution in [2.24, 2.45) is 0 Å². The Labute approximate surface area is 221 Å². The number of Topliss-reactive ketones (excluding diaryl/α,β-unsaturated/α-hetero) is 1. The van der Waals surface area contributed by atoms with Crippen LogP contribution in [-0.4, -0.2) is 35.7 Å². The van der Waals surface area contributed by atoms with Crippen molar-refractivity contribution in [3.05, 3.63) is 82.5 Å². The fourth-order valence-corrected chi connectivity index (χ4v) is 4.26. The van der Waals surface area contributed by atoms with Crippen LogP contribution in [0.5, 0.6) is 17.2 Å². The van der Waals surface area contributed by atoms with E-state index in [2.05, 4.69) is 4.74 Å². The van der Waals surface area contributed by atoms with Crippen molar-refractivity contribution < 1.29 is 37.0 Å². The Morgan fingerprint density at radius 3 is 2.24 bits per heavy atom. The van der Waals surface area contributed by atoms with Crippen molar-refractivity contribution in [2.45, 2.75) is 33.2 Å². The van der Waals surface area contributed by atoms with Gasteiger partial charge in [0.25, 0.3) is 0 Å². The number of methoxy groups -OCH3 is 1. The van der Waals surface area contributed by atoms with Gasteiger partial charge in [-0.2, -0.15) is 0 Å². The average molecular weight is 546 g/mol. The number of carbonyl (C=O) groups is 2. The second kappa shape index (κ2) is 10.4. The summed E-state index contributed by atoms with van der Waals surface area (Å²) in [4.78, 5) is 25.4. The van der Waals surface area contributed by atoms with Crippen molar-refractivity contribution in [1.29, 1.82) is 0 Å². The first-order chi connectivity index (χ1) is 17.9. The van der Waals surface area contributed by atoms with E-state index in [1.165, 1.54) is 26.2 Å². The van der Waals surface area contributed by atoms with Crippen LogP contribution < -0.4 is 14.2 Å². The smallest absolute Gasteiger partial charge is 0.497 e. The molecule has 4 aromatic rings. The van der Waals surface area contributed by atoms with E-state index in [1.54, 1.807) is 60.9 Å². The van der Waals surface area contributed by atoms with Gasteiger partial charge in [0.2, 0.25) is 0 Å². The topological polar surface area (TPSA) is 66.8 Å². The predicted molar refractivity (Wildman–Crippen MR) is 137 cm³/mol. The second-order valence-corrected chi connectivity index (χ2v) is 8.97. The largest absolute Gasteiger partial charge is 0.573 e. The highest BCUT2D eigenvalue weighted by molar-refractivity contribution is 6.32. The molecule has 0 aliphatic carbocycles. The molecule has 0 amide bonds. The van der Waals surface area contributed by atoms with E-state index >= 15 is 0 Å². The van der Waals surface area contributed by atoms with Crippen molar-refractivity contribution in [1.82, 2.24) is 4.57 Å². The highest BCUT2D eigenvalue weighted by atomic mass is 35.5. The molecule has 0 saturated carbocycles. The highest BCUT2D eigenvalue weighted by Gasteiger charge is 2.32. The van der Waals surface area contributed by atoms with Crippen LogP contribution in [0.15, 0.2) is 60.7 Å². The molecule has 0 N–H and O–H groups in total. The number of carbonyl (C=O) groups excluding carboxylic acids is 2. The Kier molecular flexibility index (Phi) is 7.42. The minimum absolute atomic E-state index is 0.207. The number of ether oxygens (including phenoxy) is 3. The van der Waals surface area contributed by atoms with Crippen LogP contribution in [-0.2, 0) is 4.79 Å². The molecule has 1 atom stereocenters. The standard InChI is InChI=1S/C28H23ClF3NO5/c1-15-26(27(35)18-5-8-20(36-4)9-6-18)22-11-10-21(38-28(30,31)32)14-24(22)33(15)19-7-12-23(29)25(13-19)37-17(3)16(2)34/h5-14,17H,1-4H3/t17-/m0/s1. The number of hydrogen-bond donors (Lipinski definition) is 0. The summed E-state index contributed by atoms with van der Waals surface area (Å²) in [5, 5.41) is 0.666. The molecule has 1 heterocycles. The molecule has 0 bridgehead atoms. The molecule has 0 aliphatic rings. The van der Waals surface area contributed by atoms with E-state index in [0.29, 0.717) is 39.2 Å². The summed E-state index contributed by atoms with van der Waals surface area (Å²) in [6, 6.07) is 15.1. The van der Waals surface area contributed by atoms with Crippen molar-refractivity contribution in [2.75, 3.05) is 7.11 Å². The Morgan fingerprint density at radius 1 is 0.974 bits per heavy atom. The molecular weight excluding hydrogens is 523 g/mol. The van der Waals surface area contributed by atoms with Gasteiger partial charge in [-0.05, 0) is 69.3 Å². The Bertz CT molecular complexity index is 1530. The fourth-order valence-electron chi connectivity index (χ4n) is 4.09. The Morgan fingerprint density at radius 2 is 1.63 bits per heavy atom. The van der Waals surface area contributed by atoms with Gasteiger partial charge in [-0.3, -0.25) is 9.59 Å². The van der Waals surface area contributed by atoms with Crippen molar-refractivity contribution in [3.63, 3.8) is 0 Å². The lowest BCUT2D eigenvalue weighted by molar-refractivity contribution is -0.274. The van der Waals surface area contributed by atoms with E-state index in [9.17, 15) is 22.8 Å². The molecule has 1 aromatic heterocycles. The van der Waals surface area contributed by atoms with Crippen LogP contribution in [0.2, 0.25) is 5.02 Å². The minimum Gasteiger partial charge on any atom is -0.497 e. The second-order valence-electron chi connectivity index (χ2n) is 8.57. The maximum Gasteiger partial charge on any atom is 0.573 e. The lowest BCUT2D eigenvalue weighted by Crippen LogP contribution is -2.20. The first kappa shape index (κ1) is 27.1. The van der Waals surface area contributed by atoms with Gasteiger partial charge in [-0.1, -0.05) is 11.6 Å². The Balaban J connectivity index is 1.93. The number of ketones is 2. The molecular formula is C28H23ClF3NO5. The molecule has 0 fully saturated rings. The summed E-state index contributed by atoms with van der Waals surface area (Å²) in [5.41, 5.74) is 1.91. The molecule has 0 spiro atoms. The maximum absolute atomic E-state index is 13.6. The summed E-state index contributed by atoms with van der Waals surface area (Å²) in [6.45, 7) is 4.65. The molecule has 3 aromatic carbocycles. The zero-order valence-corrected chi connectivity index (χ0v) is 21.6. The molecule has 198 valence electrons. The number of hydrogen-bond acceptors (Lipinski definition) is 5. The van der Waals surface area contributed by atoms with E-state index in [1.807, 2.05) is 0 Å². The van der Waals surface area contributed by atoms with Gasteiger partial charge in [0.1, 0.15) is 17.2 Å². The maximum atomic E-state index is 13.6. The highest BCUT2D eigenvalue weighted by Crippen LogP contribution is 2.37. The third-order valence-electron chi connectivity index (χ3n) is 6.04. The van der Waals surface area contributed by atoms with Crippen molar-refractivity contribution >= 4 is 34.1 Å². The van der Waals surface area contributed by atoms with Gasteiger partial charge >= 0.3 is 6.36 Å². The summed E-state index contributed by atoms with van der Waals surface area (Å²) in [6.07, 6.45) is -5.67. The Hall–Kier alpha value is -3.98. The molecule has 10 heteroatoms. The van der Waals surface area contributed by atoms with Gasteiger partial charge in [0.05, 0.1) is 23.2 Å². The van der Waals surface area contributed by atoms with Crippen LogP contribution in [0.4, 0.5) is 13.2 Å². The summed E-state index contributed by atoms with van der Waals surface area (Å²) in [7, 11) is 1.51. The SMILES string of the molecule is COc1ccc(C(=O)c2c(C)n(-c3ccc(Cl)c(O[C@@H](C)C(C)=O)c3)c3cc(OC(F)(F)F)ccc23)cc1. The zero-order chi connectivity index (χ0) is 27.8. The van der Waals surface area contributed by atoms with Crippen LogP contribution in [0, 0.1) is 6.92 Å². The van der Waals surface area contributed by atoms with Gasteiger partial charge in [-0.25, -0.2) is 0 Å². The van der Waals surface area contributed by atoms with Gasteiger partial charge in [0, 0.05) is 34.5 Å². The van der Waals surface area contributed by atoms with Crippen LogP contribution in [0.25, 0.3) is 16.6 Å². The normalized spacial score (nSPS) is 12.3. The quantitative estimate of drug-likeness (QED) is 0.221. The van der Waals surface area contributed by atoms with Crippen LogP contribution in [0.1, 0.15) is 35.5 Å². The van der Waals surface area contributed by atoms with Crippen LogP contribution >= 0.6 is 11.6 Å². The summed E-state index contributed by atoms with van der Waals surface area (Å²) in [5.74, 6) is -0.200. The number of aromatic nitrogens is 1. The molecule has 0 aliphatic heterocycles. The van der Waals surface area contributed by atoms with Crippen molar-refractivity contribution in [3.8, 4) is 22.9 Å². The van der Waals surface area contributed by atoms with Crippen LogP contribution in [0.3, 0.4) is 0 Å². The lowest BCUT2D eigenvalue weighted by Gasteiger charge is -2.16. The monoisotopic (exact) mass is 545 g/mol. The first-order valence-electron chi connectivity index (χ1n) is 11.5. The molecule has 0 radical (unpaired) electrons. The van der Waals surface area contributed by atoms with E-state index < -0.39 is 18.2 Å². The predicted octanol–water partition coefficient (Wildman–Crippen LogP) is 7.09. The molecule has 38 heavy (non-hydrogen) atoms. The minimum atomic E-state index is -4.90. The van der Waals surface area contributed by atoms with E-state index in [0.717, 1.165) is 6.07 Å². The van der Waals surface area contributed by atoms with Gasteiger partial charge in [-0.15, -0.1) is 13.2 Å². The number of nitrogens with zero attached hydrogens (tertiary/aromatic N) is 1. The summed E-state index contributed by atoms with van der Waals surface area (Å²) < 4.78 is 55.6. The number of rotatable bonds is 8. The molecule has 0 saturated heterocycles. The molecule has 4 rings (SSSR count). The average Bonchev–Trinajstić information content (AvgIpc) is 3.14. The van der Waals surface area contributed by atoms with Gasteiger partial charge < -0.3 is 18.8 Å². The number of alkyl halides is 3. The number of fused-ring (bicyclic) bond motifs is 1. The first-order valence-corrected chi connectivity index (χ1v) is 11.8. The molecule has 0 unspecified atom stereocenters.